The van der Waals surface area contributed by atoms with Crippen LogP contribution in [0.25, 0.3) is 0 Å². The molecule has 0 saturated heterocycles. The third-order valence-electron chi connectivity index (χ3n) is 4.94. The van der Waals surface area contributed by atoms with Crippen LogP contribution in [0.1, 0.15) is 37.5 Å². The molecule has 9 nitrogen and oxygen atoms in total. The summed E-state index contributed by atoms with van der Waals surface area (Å²) >= 11 is 0. The van der Waals surface area contributed by atoms with Gasteiger partial charge in [0, 0.05) is 45.7 Å². The van der Waals surface area contributed by atoms with Crippen molar-refractivity contribution in [2.45, 2.75) is 6.42 Å². The molecule has 3 amide bonds. The second-order valence-electron chi connectivity index (χ2n) is 7.43. The molecule has 1 aliphatic heterocycles. The van der Waals surface area contributed by atoms with Gasteiger partial charge in [0.25, 0.3) is 17.7 Å². The van der Waals surface area contributed by atoms with Gasteiger partial charge in [-0.3, -0.25) is 19.3 Å². The second-order valence-corrected chi connectivity index (χ2v) is 7.43. The normalized spacial score (nSPS) is 12.5. The van der Waals surface area contributed by atoms with Crippen molar-refractivity contribution in [3.05, 3.63) is 59.2 Å². The largest absolute Gasteiger partial charge is 0.452 e. The number of nitrogens with one attached hydrogen (secondary N) is 1. The first-order valence-electron chi connectivity index (χ1n) is 10.1. The molecule has 32 heavy (non-hydrogen) atoms. The fourth-order valence-electron chi connectivity index (χ4n) is 3.24. The molecular formula is C23H25N3O6. The highest BCUT2D eigenvalue weighted by atomic mass is 16.5. The minimum atomic E-state index is -0.760. The number of fused-ring (bicyclic) bond motifs is 1. The molecule has 0 atom stereocenters. The number of imide groups is 1. The zero-order chi connectivity index (χ0) is 23.3. The molecule has 0 aliphatic carbocycles. The van der Waals surface area contributed by atoms with Crippen LogP contribution in [0, 0.1) is 0 Å². The van der Waals surface area contributed by atoms with Crippen LogP contribution in [0.15, 0.2) is 42.5 Å². The smallest absolute Gasteiger partial charge is 0.338 e. The van der Waals surface area contributed by atoms with E-state index in [1.807, 2.05) is 31.1 Å². The molecule has 0 fully saturated rings. The predicted octanol–water partition coefficient (Wildman–Crippen LogP) is 2.18. The van der Waals surface area contributed by atoms with E-state index in [0.29, 0.717) is 18.7 Å². The lowest BCUT2D eigenvalue weighted by Crippen LogP contribution is -2.31. The molecule has 0 radical (unpaired) electrons. The van der Waals surface area contributed by atoms with Gasteiger partial charge in [0.15, 0.2) is 6.61 Å². The van der Waals surface area contributed by atoms with Crippen LogP contribution in [-0.4, -0.2) is 69.6 Å². The number of rotatable bonds is 9. The summed E-state index contributed by atoms with van der Waals surface area (Å²) in [6.45, 7) is 0.171. The first kappa shape index (κ1) is 23.0. The van der Waals surface area contributed by atoms with Crippen molar-refractivity contribution in [2.75, 3.05) is 51.2 Å². The van der Waals surface area contributed by atoms with Crippen LogP contribution in [0.2, 0.25) is 0 Å². The zero-order valence-corrected chi connectivity index (χ0v) is 18.2. The molecule has 1 heterocycles. The summed E-state index contributed by atoms with van der Waals surface area (Å²) in [6.07, 6.45) is 0.518. The third kappa shape index (κ3) is 5.12. The summed E-state index contributed by atoms with van der Waals surface area (Å²) in [5, 5.41) is 2.65. The number of anilines is 2. The molecule has 1 aliphatic rings. The van der Waals surface area contributed by atoms with Crippen LogP contribution in [-0.2, 0) is 14.3 Å². The molecule has 3 rings (SSSR count). The molecule has 2 aromatic carbocycles. The minimum Gasteiger partial charge on any atom is -0.452 e. The van der Waals surface area contributed by atoms with Gasteiger partial charge in [-0.25, -0.2) is 4.79 Å². The Balaban J connectivity index is 1.58. The maximum atomic E-state index is 12.6. The fraction of sp³-hybridized carbons (Fsp3) is 0.304. The van der Waals surface area contributed by atoms with Crippen molar-refractivity contribution >= 4 is 35.1 Å². The summed E-state index contributed by atoms with van der Waals surface area (Å²) in [7, 11) is 5.37. The summed E-state index contributed by atoms with van der Waals surface area (Å²) < 4.78 is 10.0. The van der Waals surface area contributed by atoms with Gasteiger partial charge in [0.05, 0.1) is 16.7 Å². The summed E-state index contributed by atoms with van der Waals surface area (Å²) in [5.41, 5.74) is 2.03. The molecule has 2 aromatic rings. The van der Waals surface area contributed by atoms with E-state index in [2.05, 4.69) is 5.32 Å². The van der Waals surface area contributed by atoms with Crippen molar-refractivity contribution < 1.29 is 28.7 Å². The number of esters is 1. The van der Waals surface area contributed by atoms with Gasteiger partial charge in [-0.2, -0.15) is 0 Å². The fourth-order valence-corrected chi connectivity index (χ4v) is 3.24. The molecule has 1 N–H and O–H groups in total. The SMILES string of the molecule is COCCCN1C(=O)c2ccc(C(=O)OCC(=O)Nc3ccc(N(C)C)cc3)cc2C1=O. The van der Waals surface area contributed by atoms with Crippen LogP contribution in [0.3, 0.4) is 0 Å². The van der Waals surface area contributed by atoms with E-state index < -0.39 is 30.3 Å². The highest BCUT2D eigenvalue weighted by Crippen LogP contribution is 2.24. The summed E-state index contributed by atoms with van der Waals surface area (Å²) in [6, 6.07) is 11.4. The molecule has 0 spiro atoms. The van der Waals surface area contributed by atoms with Gasteiger partial charge in [-0.15, -0.1) is 0 Å². The maximum Gasteiger partial charge on any atom is 0.338 e. The number of hydrogen-bond acceptors (Lipinski definition) is 7. The number of hydrogen-bond donors (Lipinski definition) is 1. The van der Waals surface area contributed by atoms with E-state index in [1.165, 1.54) is 18.2 Å². The number of amides is 3. The molecule has 0 bridgehead atoms. The monoisotopic (exact) mass is 439 g/mol. The van der Waals surface area contributed by atoms with Crippen molar-refractivity contribution in [1.82, 2.24) is 4.90 Å². The summed E-state index contributed by atoms with van der Waals surface area (Å²) in [4.78, 5) is 52.5. The maximum absolute atomic E-state index is 12.6. The Morgan fingerprint density at radius 2 is 1.69 bits per heavy atom. The van der Waals surface area contributed by atoms with Gasteiger partial charge < -0.3 is 19.7 Å². The average molecular weight is 439 g/mol. The first-order chi connectivity index (χ1) is 15.3. The van der Waals surface area contributed by atoms with Crippen LogP contribution in [0.4, 0.5) is 11.4 Å². The predicted molar refractivity (Wildman–Crippen MR) is 118 cm³/mol. The Bertz CT molecular complexity index is 1030. The molecule has 0 saturated carbocycles. The van der Waals surface area contributed by atoms with Gasteiger partial charge in [0.2, 0.25) is 0 Å². The number of ether oxygens (including phenoxy) is 2. The molecule has 168 valence electrons. The Labute approximate surface area is 185 Å². The Morgan fingerprint density at radius 1 is 1.00 bits per heavy atom. The van der Waals surface area contributed by atoms with E-state index in [1.54, 1.807) is 19.2 Å². The lowest BCUT2D eigenvalue weighted by Gasteiger charge is -2.13. The van der Waals surface area contributed by atoms with E-state index in [9.17, 15) is 19.2 Å². The van der Waals surface area contributed by atoms with Crippen LogP contribution < -0.4 is 10.2 Å². The lowest BCUT2D eigenvalue weighted by atomic mass is 10.1. The van der Waals surface area contributed by atoms with Crippen molar-refractivity contribution in [3.8, 4) is 0 Å². The first-order valence-corrected chi connectivity index (χ1v) is 10.1. The molecule has 0 aromatic heterocycles. The van der Waals surface area contributed by atoms with E-state index >= 15 is 0 Å². The number of carbonyl (C=O) groups is 4. The quantitative estimate of drug-likeness (QED) is 0.363. The van der Waals surface area contributed by atoms with Crippen LogP contribution in [0.5, 0.6) is 0 Å². The highest BCUT2D eigenvalue weighted by Gasteiger charge is 2.35. The molecule has 9 heteroatoms. The number of nitrogens with zero attached hydrogens (tertiary/aromatic N) is 2. The average Bonchev–Trinajstić information content (AvgIpc) is 3.02. The van der Waals surface area contributed by atoms with Crippen molar-refractivity contribution in [2.24, 2.45) is 0 Å². The van der Waals surface area contributed by atoms with Crippen LogP contribution >= 0.6 is 0 Å². The van der Waals surface area contributed by atoms with Gasteiger partial charge >= 0.3 is 5.97 Å². The Morgan fingerprint density at radius 3 is 2.34 bits per heavy atom. The second kappa shape index (κ2) is 10.1. The van der Waals surface area contributed by atoms with Crippen molar-refractivity contribution in [3.63, 3.8) is 0 Å². The van der Waals surface area contributed by atoms with Gasteiger partial charge in [-0.05, 0) is 48.9 Å². The topological polar surface area (TPSA) is 105 Å². The number of carbonyl (C=O) groups excluding carboxylic acids is 4. The summed E-state index contributed by atoms with van der Waals surface area (Å²) in [5.74, 6) is -2.12. The van der Waals surface area contributed by atoms with E-state index in [0.717, 1.165) is 10.6 Å². The van der Waals surface area contributed by atoms with E-state index in [-0.39, 0.29) is 23.2 Å². The highest BCUT2D eigenvalue weighted by molar-refractivity contribution is 6.22. The number of benzene rings is 2. The van der Waals surface area contributed by atoms with Crippen molar-refractivity contribution in [1.29, 1.82) is 0 Å². The standard InChI is InChI=1S/C23H25N3O6/c1-25(2)17-8-6-16(7-9-17)24-20(27)14-32-23(30)15-5-10-18-19(13-15)22(29)26(21(18)28)11-4-12-31-3/h5-10,13H,4,11-12,14H2,1-3H3,(H,24,27). The third-order valence-corrected chi connectivity index (χ3v) is 4.94. The molecule has 0 unspecified atom stereocenters. The Hall–Kier alpha value is -3.72. The lowest BCUT2D eigenvalue weighted by molar-refractivity contribution is -0.119. The Kier molecular flexibility index (Phi) is 7.21. The number of methoxy groups -OCH3 is 1. The zero-order valence-electron chi connectivity index (χ0n) is 18.2. The van der Waals surface area contributed by atoms with Gasteiger partial charge in [-0.1, -0.05) is 0 Å². The molecular weight excluding hydrogens is 414 g/mol. The van der Waals surface area contributed by atoms with E-state index in [4.69, 9.17) is 9.47 Å². The van der Waals surface area contributed by atoms with Gasteiger partial charge in [0.1, 0.15) is 0 Å². The minimum absolute atomic E-state index is 0.0896.